The van der Waals surface area contributed by atoms with Crippen molar-refractivity contribution in [3.05, 3.63) is 17.3 Å². The van der Waals surface area contributed by atoms with E-state index in [9.17, 15) is 9.90 Å². The molecule has 8 nitrogen and oxygen atoms in total. The second-order valence-electron chi connectivity index (χ2n) is 9.95. The number of methoxy groups -OCH3 is 2. The topological polar surface area (TPSA) is 96.3 Å². The van der Waals surface area contributed by atoms with Gasteiger partial charge in [0.15, 0.2) is 27.7 Å². The standard InChI is InChI=1S/C23H39NO7Si/c1-16(25)19-20(29-14-27-5)18(13-24-21(19)30-15-28-6)23(26)11-9-17(10-12-23)31-32(7,8)22(2,3)4/h13,17,26H,9-12,14-15H2,1-8H3. The van der Waals surface area contributed by atoms with Crippen molar-refractivity contribution in [2.45, 2.75) is 83.2 Å². The first-order valence-corrected chi connectivity index (χ1v) is 13.9. The van der Waals surface area contributed by atoms with Crippen LogP contribution in [0.5, 0.6) is 11.6 Å². The summed E-state index contributed by atoms with van der Waals surface area (Å²) in [6.07, 6.45) is 4.01. The number of ether oxygens (including phenoxy) is 4. The molecule has 1 aromatic heterocycles. The van der Waals surface area contributed by atoms with E-state index >= 15 is 0 Å². The quantitative estimate of drug-likeness (QED) is 0.306. The summed E-state index contributed by atoms with van der Waals surface area (Å²) in [5.74, 6) is 0.0644. The summed E-state index contributed by atoms with van der Waals surface area (Å²) in [7, 11) is 1.08. The third-order valence-corrected chi connectivity index (χ3v) is 11.0. The molecule has 0 spiro atoms. The van der Waals surface area contributed by atoms with E-state index < -0.39 is 13.9 Å². The summed E-state index contributed by atoms with van der Waals surface area (Å²) in [6.45, 7) is 12.4. The Morgan fingerprint density at radius 2 is 1.72 bits per heavy atom. The molecule has 2 rings (SSSR count). The Bertz CT molecular complexity index is 783. The molecule has 0 saturated heterocycles. The second-order valence-corrected chi connectivity index (χ2v) is 14.7. The third kappa shape index (κ3) is 6.08. The molecule has 1 N–H and O–H groups in total. The van der Waals surface area contributed by atoms with Crippen LogP contribution in [-0.4, -0.2) is 58.1 Å². The van der Waals surface area contributed by atoms with E-state index in [1.54, 1.807) is 0 Å². The number of nitrogens with zero attached hydrogens (tertiary/aromatic N) is 1. The van der Waals surface area contributed by atoms with E-state index in [1.807, 2.05) is 0 Å². The van der Waals surface area contributed by atoms with Crippen molar-refractivity contribution in [1.82, 2.24) is 4.98 Å². The maximum absolute atomic E-state index is 12.5. The lowest BCUT2D eigenvalue weighted by atomic mass is 9.78. The van der Waals surface area contributed by atoms with Crippen LogP contribution in [0.1, 0.15) is 69.3 Å². The van der Waals surface area contributed by atoms with E-state index in [4.69, 9.17) is 23.4 Å². The fraction of sp³-hybridized carbons (Fsp3) is 0.739. The number of ketones is 1. The molecular weight excluding hydrogens is 430 g/mol. The summed E-state index contributed by atoms with van der Waals surface area (Å²) >= 11 is 0. The molecule has 0 aromatic carbocycles. The molecule has 0 amide bonds. The first-order chi connectivity index (χ1) is 14.9. The molecular formula is C23H39NO7Si. The van der Waals surface area contributed by atoms with Crippen molar-refractivity contribution in [3.8, 4) is 11.6 Å². The maximum Gasteiger partial charge on any atom is 0.230 e. The van der Waals surface area contributed by atoms with Gasteiger partial charge in [-0.3, -0.25) is 4.79 Å². The number of carbonyl (C=O) groups is 1. The Labute approximate surface area is 192 Å². The van der Waals surface area contributed by atoms with Gasteiger partial charge in [0, 0.05) is 32.1 Å². The lowest BCUT2D eigenvalue weighted by Gasteiger charge is -2.43. The first kappa shape index (κ1) is 26.7. The smallest absolute Gasteiger partial charge is 0.230 e. The zero-order valence-corrected chi connectivity index (χ0v) is 21.7. The summed E-state index contributed by atoms with van der Waals surface area (Å²) in [5, 5.41) is 11.7. The van der Waals surface area contributed by atoms with Crippen LogP contribution >= 0.6 is 0 Å². The van der Waals surface area contributed by atoms with Gasteiger partial charge in [0.05, 0.1) is 5.60 Å². The van der Waals surface area contributed by atoms with E-state index in [0.29, 0.717) is 31.2 Å². The van der Waals surface area contributed by atoms with Crippen molar-refractivity contribution in [3.63, 3.8) is 0 Å². The normalized spacial score (nSPS) is 22.0. The molecule has 1 aliphatic carbocycles. The number of Topliss-reactive ketones (excluding diaryl/α,β-unsaturated/α-hetero) is 1. The van der Waals surface area contributed by atoms with E-state index in [2.05, 4.69) is 38.8 Å². The van der Waals surface area contributed by atoms with Crippen molar-refractivity contribution < 1.29 is 33.3 Å². The van der Waals surface area contributed by atoms with Gasteiger partial charge in [0.1, 0.15) is 11.3 Å². The minimum Gasteiger partial charge on any atom is -0.466 e. The van der Waals surface area contributed by atoms with Crippen molar-refractivity contribution in [2.75, 3.05) is 27.8 Å². The number of carbonyl (C=O) groups excluding carboxylic acids is 1. The summed E-state index contributed by atoms with van der Waals surface area (Å²) in [6, 6.07) is 0. The van der Waals surface area contributed by atoms with Crippen LogP contribution in [0.2, 0.25) is 18.1 Å². The molecule has 1 aromatic rings. The van der Waals surface area contributed by atoms with Crippen LogP contribution < -0.4 is 9.47 Å². The maximum atomic E-state index is 12.5. The van der Waals surface area contributed by atoms with E-state index in [-0.39, 0.29) is 47.7 Å². The van der Waals surface area contributed by atoms with Crippen LogP contribution in [-0.2, 0) is 19.5 Å². The summed E-state index contributed by atoms with van der Waals surface area (Å²) < 4.78 is 27.8. The van der Waals surface area contributed by atoms with Crippen LogP contribution in [0.3, 0.4) is 0 Å². The molecule has 1 fully saturated rings. The average molecular weight is 470 g/mol. The number of pyridine rings is 1. The van der Waals surface area contributed by atoms with E-state index in [0.717, 1.165) is 0 Å². The zero-order valence-electron chi connectivity index (χ0n) is 20.7. The molecule has 1 aliphatic rings. The Morgan fingerprint density at radius 1 is 1.16 bits per heavy atom. The van der Waals surface area contributed by atoms with Gasteiger partial charge in [-0.1, -0.05) is 20.8 Å². The number of hydrogen-bond donors (Lipinski definition) is 1. The summed E-state index contributed by atoms with van der Waals surface area (Å²) in [5.41, 5.74) is -0.548. The van der Waals surface area contributed by atoms with Crippen molar-refractivity contribution in [2.24, 2.45) is 0 Å². The van der Waals surface area contributed by atoms with Crippen molar-refractivity contribution in [1.29, 1.82) is 0 Å². The number of aromatic nitrogens is 1. The van der Waals surface area contributed by atoms with Crippen molar-refractivity contribution >= 4 is 14.1 Å². The number of aliphatic hydroxyl groups is 1. The molecule has 1 saturated carbocycles. The van der Waals surface area contributed by atoms with Gasteiger partial charge in [-0.25, -0.2) is 4.98 Å². The van der Waals surface area contributed by atoms with Gasteiger partial charge in [-0.05, 0) is 50.7 Å². The fourth-order valence-electron chi connectivity index (χ4n) is 3.66. The number of hydrogen-bond acceptors (Lipinski definition) is 8. The van der Waals surface area contributed by atoms with Crippen LogP contribution in [0.15, 0.2) is 6.20 Å². The Hall–Kier alpha value is -1.52. The molecule has 1 heterocycles. The molecule has 182 valence electrons. The van der Waals surface area contributed by atoms with Gasteiger partial charge in [0.2, 0.25) is 5.88 Å². The Morgan fingerprint density at radius 3 is 2.22 bits per heavy atom. The zero-order chi connectivity index (χ0) is 24.2. The van der Waals surface area contributed by atoms with E-state index in [1.165, 1.54) is 27.3 Å². The van der Waals surface area contributed by atoms with Gasteiger partial charge in [-0.2, -0.15) is 0 Å². The minimum absolute atomic E-state index is 0.0624. The highest BCUT2D eigenvalue weighted by atomic mass is 28.4. The Balaban J connectivity index is 2.33. The van der Waals surface area contributed by atoms with Gasteiger partial charge in [0.25, 0.3) is 0 Å². The highest BCUT2D eigenvalue weighted by Crippen LogP contribution is 2.46. The molecule has 32 heavy (non-hydrogen) atoms. The monoisotopic (exact) mass is 469 g/mol. The largest absolute Gasteiger partial charge is 0.466 e. The molecule has 0 unspecified atom stereocenters. The third-order valence-electron chi connectivity index (χ3n) is 6.51. The molecule has 0 radical (unpaired) electrons. The predicted octanol–water partition coefficient (Wildman–Crippen LogP) is 4.40. The SMILES string of the molecule is COCOc1ncc(C2(O)CCC(O[Si](C)(C)C(C)(C)C)CC2)c(OCOC)c1C(C)=O. The fourth-order valence-corrected chi connectivity index (χ4v) is 5.08. The molecule has 0 bridgehead atoms. The minimum atomic E-state index is -1.90. The Kier molecular flexibility index (Phi) is 8.86. The highest BCUT2D eigenvalue weighted by Gasteiger charge is 2.43. The first-order valence-electron chi connectivity index (χ1n) is 11.0. The van der Waals surface area contributed by atoms with Gasteiger partial charge in [-0.15, -0.1) is 0 Å². The van der Waals surface area contributed by atoms with Gasteiger partial charge >= 0.3 is 0 Å². The molecule has 9 heteroatoms. The van der Waals surface area contributed by atoms with Crippen LogP contribution in [0.25, 0.3) is 0 Å². The summed E-state index contributed by atoms with van der Waals surface area (Å²) in [4.78, 5) is 16.8. The average Bonchev–Trinajstić information content (AvgIpc) is 2.70. The molecule has 0 atom stereocenters. The number of rotatable bonds is 10. The van der Waals surface area contributed by atoms with Crippen LogP contribution in [0, 0.1) is 0 Å². The van der Waals surface area contributed by atoms with Gasteiger partial charge < -0.3 is 28.5 Å². The lowest BCUT2D eigenvalue weighted by Crippen LogP contribution is -2.46. The van der Waals surface area contributed by atoms with Crippen LogP contribution in [0.4, 0.5) is 0 Å². The second kappa shape index (κ2) is 10.6. The highest BCUT2D eigenvalue weighted by molar-refractivity contribution is 6.74. The predicted molar refractivity (Wildman–Crippen MR) is 124 cm³/mol. The molecule has 0 aliphatic heterocycles. The lowest BCUT2D eigenvalue weighted by molar-refractivity contribution is -0.0374.